The first-order valence-corrected chi connectivity index (χ1v) is 12.5. The predicted octanol–water partition coefficient (Wildman–Crippen LogP) is 5.67. The van der Waals surface area contributed by atoms with Gasteiger partial charge in [-0.2, -0.15) is 0 Å². The Kier molecular flexibility index (Phi) is 8.24. The Hall–Kier alpha value is -4.72. The molecule has 0 unspecified atom stereocenters. The Labute approximate surface area is 226 Å². The maximum atomic E-state index is 12.9. The number of esters is 2. The number of ether oxygens (including phenoxy) is 2. The van der Waals surface area contributed by atoms with Crippen molar-refractivity contribution >= 4 is 23.5 Å². The van der Waals surface area contributed by atoms with Crippen LogP contribution in [-0.4, -0.2) is 33.5 Å². The number of ketones is 2. The number of nitrogens with one attached hydrogen (secondary N) is 2. The van der Waals surface area contributed by atoms with Crippen LogP contribution in [0.5, 0.6) is 0 Å². The summed E-state index contributed by atoms with van der Waals surface area (Å²) >= 11 is 0. The molecule has 0 amide bonds. The van der Waals surface area contributed by atoms with Crippen molar-refractivity contribution in [3.05, 3.63) is 117 Å². The van der Waals surface area contributed by atoms with Gasteiger partial charge in [-0.15, -0.1) is 0 Å². The summed E-state index contributed by atoms with van der Waals surface area (Å²) in [7, 11) is 0. The van der Waals surface area contributed by atoms with Crippen LogP contribution < -0.4 is 0 Å². The molecule has 2 heterocycles. The fraction of sp³-hybridized carbons (Fsp3) is 0.226. The predicted molar refractivity (Wildman–Crippen MR) is 145 cm³/mol. The Morgan fingerprint density at radius 2 is 1.08 bits per heavy atom. The highest BCUT2D eigenvalue weighted by molar-refractivity contribution is 6.06. The van der Waals surface area contributed by atoms with E-state index < -0.39 is 11.9 Å². The molecule has 2 aromatic carbocycles. The van der Waals surface area contributed by atoms with Crippen LogP contribution >= 0.6 is 0 Å². The lowest BCUT2D eigenvalue weighted by molar-refractivity contribution is 0.0456. The third-order valence-electron chi connectivity index (χ3n) is 6.57. The van der Waals surface area contributed by atoms with Crippen LogP contribution in [0, 0.1) is 13.8 Å². The molecule has 0 spiro atoms. The van der Waals surface area contributed by atoms with Gasteiger partial charge in [-0.3, -0.25) is 9.59 Å². The van der Waals surface area contributed by atoms with Crippen molar-refractivity contribution in [1.29, 1.82) is 0 Å². The van der Waals surface area contributed by atoms with Crippen molar-refractivity contribution in [3.8, 4) is 0 Å². The molecule has 0 aliphatic heterocycles. The average molecular weight is 527 g/mol. The molecule has 2 N–H and O–H groups in total. The molecule has 0 radical (unpaired) electrons. The van der Waals surface area contributed by atoms with Gasteiger partial charge in [0.15, 0.2) is 11.6 Å². The van der Waals surface area contributed by atoms with E-state index >= 15 is 0 Å². The lowest BCUT2D eigenvalue weighted by atomic mass is 10.0. The highest BCUT2D eigenvalue weighted by Crippen LogP contribution is 2.27. The van der Waals surface area contributed by atoms with Gasteiger partial charge in [0.05, 0.1) is 5.56 Å². The third-order valence-corrected chi connectivity index (χ3v) is 6.57. The number of carbonyl (C=O) groups excluding carboxylic acids is 4. The summed E-state index contributed by atoms with van der Waals surface area (Å²) in [5.74, 6) is -1.75. The Morgan fingerprint density at radius 1 is 0.615 bits per heavy atom. The fourth-order valence-corrected chi connectivity index (χ4v) is 4.65. The molecule has 8 heteroatoms. The van der Waals surface area contributed by atoms with E-state index in [1.807, 2.05) is 60.7 Å². The number of aromatic amines is 2. The second kappa shape index (κ2) is 11.8. The van der Waals surface area contributed by atoms with Gasteiger partial charge >= 0.3 is 11.9 Å². The second-order valence-corrected chi connectivity index (χ2v) is 9.37. The number of benzene rings is 2. The smallest absolute Gasteiger partial charge is 0.355 e. The van der Waals surface area contributed by atoms with Crippen molar-refractivity contribution < 1.29 is 28.7 Å². The third kappa shape index (κ3) is 6.06. The molecule has 0 saturated heterocycles. The lowest BCUT2D eigenvalue weighted by Gasteiger charge is -2.05. The van der Waals surface area contributed by atoms with Gasteiger partial charge in [-0.25, -0.2) is 9.59 Å². The molecule has 200 valence electrons. The molecule has 0 atom stereocenters. The van der Waals surface area contributed by atoms with Gasteiger partial charge in [-0.1, -0.05) is 60.7 Å². The molecule has 0 aliphatic rings. The van der Waals surface area contributed by atoms with Crippen molar-refractivity contribution in [2.45, 2.75) is 47.3 Å². The molecule has 0 aliphatic carbocycles. The summed E-state index contributed by atoms with van der Waals surface area (Å²) in [6.45, 7) is 6.38. The number of H-pyrrole nitrogens is 2. The summed E-state index contributed by atoms with van der Waals surface area (Å²) in [6.07, 6.45) is 0.153. The van der Waals surface area contributed by atoms with E-state index in [-0.39, 0.29) is 48.2 Å². The van der Waals surface area contributed by atoms with Gasteiger partial charge in [0.2, 0.25) is 0 Å². The molecule has 4 rings (SSSR count). The van der Waals surface area contributed by atoms with E-state index in [2.05, 4.69) is 9.97 Å². The molecular weight excluding hydrogens is 496 g/mol. The fourth-order valence-electron chi connectivity index (χ4n) is 4.65. The normalized spacial score (nSPS) is 10.8. The molecule has 2 aromatic heterocycles. The van der Waals surface area contributed by atoms with Gasteiger partial charge < -0.3 is 19.4 Å². The summed E-state index contributed by atoms with van der Waals surface area (Å²) in [4.78, 5) is 57.0. The molecular formula is C31H30N2O6. The molecule has 39 heavy (non-hydrogen) atoms. The monoisotopic (exact) mass is 526 g/mol. The van der Waals surface area contributed by atoms with Crippen molar-refractivity contribution in [2.75, 3.05) is 0 Å². The first-order chi connectivity index (χ1) is 18.7. The maximum Gasteiger partial charge on any atom is 0.355 e. The van der Waals surface area contributed by atoms with E-state index in [1.165, 1.54) is 13.8 Å². The van der Waals surface area contributed by atoms with Gasteiger partial charge in [0, 0.05) is 23.4 Å². The van der Waals surface area contributed by atoms with Crippen LogP contribution in [0.4, 0.5) is 0 Å². The maximum absolute atomic E-state index is 12.9. The Balaban J connectivity index is 1.60. The topological polar surface area (TPSA) is 118 Å². The van der Waals surface area contributed by atoms with Crippen LogP contribution in [0.15, 0.2) is 60.7 Å². The van der Waals surface area contributed by atoms with E-state index in [9.17, 15) is 19.2 Å². The number of carbonyl (C=O) groups is 4. The molecule has 0 bridgehead atoms. The largest absolute Gasteiger partial charge is 0.456 e. The van der Waals surface area contributed by atoms with Crippen LogP contribution in [0.25, 0.3) is 0 Å². The summed E-state index contributed by atoms with van der Waals surface area (Å²) in [5.41, 5.74) is 4.59. The zero-order valence-corrected chi connectivity index (χ0v) is 22.3. The van der Waals surface area contributed by atoms with Crippen LogP contribution in [0.2, 0.25) is 0 Å². The number of aromatic nitrogens is 2. The summed E-state index contributed by atoms with van der Waals surface area (Å²) in [5, 5.41) is 0. The number of hydrogen-bond acceptors (Lipinski definition) is 6. The Bertz CT molecular complexity index is 1530. The standard InChI is InChI=1S/C31H30N2O6/c1-18-24(32-29(27(18)21(4)35)31(37)39-17-23-13-9-6-10-14-23)15-25-26(20(3)34)19(2)28(33-25)30(36)38-16-22-11-7-5-8-12-22/h5-14,32-33H,15-17H2,1-4H3. The van der Waals surface area contributed by atoms with Crippen molar-refractivity contribution in [1.82, 2.24) is 9.97 Å². The number of rotatable bonds is 10. The van der Waals surface area contributed by atoms with Crippen LogP contribution in [0.1, 0.15) is 89.2 Å². The van der Waals surface area contributed by atoms with Crippen LogP contribution in [-0.2, 0) is 29.1 Å². The highest BCUT2D eigenvalue weighted by atomic mass is 16.5. The van der Waals surface area contributed by atoms with Crippen molar-refractivity contribution in [2.24, 2.45) is 0 Å². The number of Topliss-reactive ketones (excluding diaryl/α,β-unsaturated/α-hetero) is 2. The summed E-state index contributed by atoms with van der Waals surface area (Å²) in [6, 6.07) is 18.5. The van der Waals surface area contributed by atoms with Gasteiger partial charge in [-0.05, 0) is 49.9 Å². The van der Waals surface area contributed by atoms with Crippen LogP contribution in [0.3, 0.4) is 0 Å². The van der Waals surface area contributed by atoms with E-state index in [1.54, 1.807) is 13.8 Å². The van der Waals surface area contributed by atoms with Gasteiger partial charge in [0.25, 0.3) is 0 Å². The van der Waals surface area contributed by atoms with E-state index in [0.29, 0.717) is 28.1 Å². The quantitative estimate of drug-likeness (QED) is 0.203. The second-order valence-electron chi connectivity index (χ2n) is 9.37. The minimum atomic E-state index is -0.655. The zero-order valence-electron chi connectivity index (χ0n) is 22.3. The summed E-state index contributed by atoms with van der Waals surface area (Å²) < 4.78 is 10.9. The SMILES string of the molecule is CC(=O)c1c(Cc2[nH]c(C(=O)OCc3ccccc3)c(C(C)=O)c2C)[nH]c(C(=O)OCc2ccccc2)c1C. The van der Waals surface area contributed by atoms with Gasteiger partial charge in [0.1, 0.15) is 24.6 Å². The molecule has 0 fully saturated rings. The highest BCUT2D eigenvalue weighted by Gasteiger charge is 2.27. The minimum absolute atomic E-state index is 0.0566. The molecule has 8 nitrogen and oxygen atoms in total. The first kappa shape index (κ1) is 27.3. The van der Waals surface area contributed by atoms with Crippen molar-refractivity contribution in [3.63, 3.8) is 0 Å². The molecule has 0 saturated carbocycles. The van der Waals surface area contributed by atoms with E-state index in [4.69, 9.17) is 9.47 Å². The minimum Gasteiger partial charge on any atom is -0.456 e. The first-order valence-electron chi connectivity index (χ1n) is 12.5. The lowest BCUT2D eigenvalue weighted by Crippen LogP contribution is -2.10. The number of hydrogen-bond donors (Lipinski definition) is 2. The average Bonchev–Trinajstić information content (AvgIpc) is 3.43. The zero-order chi connectivity index (χ0) is 28.1. The van der Waals surface area contributed by atoms with E-state index in [0.717, 1.165) is 11.1 Å². The molecule has 4 aromatic rings. The Morgan fingerprint density at radius 3 is 1.56 bits per heavy atom.